The van der Waals surface area contributed by atoms with Crippen molar-refractivity contribution >= 4 is 23.2 Å². The van der Waals surface area contributed by atoms with Gasteiger partial charge >= 0.3 is 0 Å². The number of halogens is 2. The van der Waals surface area contributed by atoms with E-state index in [2.05, 4.69) is 0 Å². The second-order valence-electron chi connectivity index (χ2n) is 4.16. The summed E-state index contributed by atoms with van der Waals surface area (Å²) in [6.45, 7) is 2.48. The number of hydrogen-bond acceptors (Lipinski definition) is 1. The molecule has 0 fully saturated rings. The van der Waals surface area contributed by atoms with Gasteiger partial charge in [0, 0.05) is 16.5 Å². The molecule has 0 aliphatic heterocycles. The molecule has 0 heterocycles. The number of benzene rings is 2. The quantitative estimate of drug-likeness (QED) is 0.719. The van der Waals surface area contributed by atoms with Gasteiger partial charge in [-0.3, -0.25) is 0 Å². The standard InChI is InChI=1S/C15H14Cl2O/c1-11-5-6-13(15(17)7-11)10-18-14-4-2-3-12(8-14)9-16/h2-8H,9-10H2,1H3. The van der Waals surface area contributed by atoms with Gasteiger partial charge in [0.1, 0.15) is 12.4 Å². The zero-order valence-corrected chi connectivity index (χ0v) is 11.6. The highest BCUT2D eigenvalue weighted by molar-refractivity contribution is 6.31. The van der Waals surface area contributed by atoms with E-state index < -0.39 is 0 Å². The first-order valence-electron chi connectivity index (χ1n) is 5.72. The topological polar surface area (TPSA) is 9.23 Å². The van der Waals surface area contributed by atoms with E-state index in [1.807, 2.05) is 49.4 Å². The SMILES string of the molecule is Cc1ccc(COc2cccc(CCl)c2)c(Cl)c1. The molecule has 94 valence electrons. The van der Waals surface area contributed by atoms with Gasteiger partial charge in [-0.15, -0.1) is 11.6 Å². The van der Waals surface area contributed by atoms with E-state index in [-0.39, 0.29) is 0 Å². The van der Waals surface area contributed by atoms with Gasteiger partial charge in [-0.05, 0) is 36.2 Å². The minimum atomic E-state index is 0.463. The van der Waals surface area contributed by atoms with Crippen LogP contribution in [0.15, 0.2) is 42.5 Å². The van der Waals surface area contributed by atoms with Gasteiger partial charge in [-0.25, -0.2) is 0 Å². The van der Waals surface area contributed by atoms with E-state index in [1.165, 1.54) is 0 Å². The van der Waals surface area contributed by atoms with Crippen LogP contribution in [-0.4, -0.2) is 0 Å². The molecule has 0 N–H and O–H groups in total. The summed E-state index contributed by atoms with van der Waals surface area (Å²) in [4.78, 5) is 0. The van der Waals surface area contributed by atoms with Crippen molar-refractivity contribution in [1.82, 2.24) is 0 Å². The number of aryl methyl sites for hydroxylation is 1. The maximum atomic E-state index is 6.15. The molecule has 2 aromatic rings. The van der Waals surface area contributed by atoms with Crippen LogP contribution < -0.4 is 4.74 Å². The normalized spacial score (nSPS) is 10.4. The Labute approximate surface area is 117 Å². The van der Waals surface area contributed by atoms with Gasteiger partial charge in [0.25, 0.3) is 0 Å². The smallest absolute Gasteiger partial charge is 0.120 e. The molecular weight excluding hydrogens is 267 g/mol. The first kappa shape index (κ1) is 13.3. The van der Waals surface area contributed by atoms with Crippen molar-refractivity contribution in [2.75, 3.05) is 0 Å². The molecule has 0 saturated heterocycles. The van der Waals surface area contributed by atoms with Crippen LogP contribution in [0.25, 0.3) is 0 Å². The Morgan fingerprint density at radius 3 is 2.67 bits per heavy atom. The van der Waals surface area contributed by atoms with Crippen molar-refractivity contribution in [2.45, 2.75) is 19.4 Å². The molecule has 2 aromatic carbocycles. The number of alkyl halides is 1. The van der Waals surface area contributed by atoms with Crippen LogP contribution in [0.3, 0.4) is 0 Å². The first-order valence-corrected chi connectivity index (χ1v) is 6.63. The van der Waals surface area contributed by atoms with Crippen LogP contribution in [0.2, 0.25) is 5.02 Å². The Morgan fingerprint density at radius 1 is 1.11 bits per heavy atom. The summed E-state index contributed by atoms with van der Waals surface area (Å²) in [5, 5.41) is 0.739. The summed E-state index contributed by atoms with van der Waals surface area (Å²) >= 11 is 11.9. The fourth-order valence-corrected chi connectivity index (χ4v) is 2.10. The lowest BCUT2D eigenvalue weighted by Crippen LogP contribution is -1.97. The van der Waals surface area contributed by atoms with Crippen molar-refractivity contribution < 1.29 is 4.74 Å². The predicted molar refractivity (Wildman–Crippen MR) is 76.5 cm³/mol. The predicted octanol–water partition coefficient (Wildman–Crippen LogP) is 4.97. The van der Waals surface area contributed by atoms with Gasteiger partial charge < -0.3 is 4.74 Å². The zero-order chi connectivity index (χ0) is 13.0. The average Bonchev–Trinajstić information content (AvgIpc) is 2.38. The summed E-state index contributed by atoms with van der Waals surface area (Å²) in [5.74, 6) is 1.30. The van der Waals surface area contributed by atoms with Crippen LogP contribution in [-0.2, 0) is 12.5 Å². The molecule has 3 heteroatoms. The summed E-state index contributed by atoms with van der Waals surface area (Å²) in [6, 6.07) is 13.7. The van der Waals surface area contributed by atoms with Crippen LogP contribution in [0.5, 0.6) is 5.75 Å². The second kappa shape index (κ2) is 6.12. The molecule has 0 radical (unpaired) electrons. The van der Waals surface area contributed by atoms with Crippen molar-refractivity contribution in [2.24, 2.45) is 0 Å². The largest absolute Gasteiger partial charge is 0.489 e. The molecule has 0 spiro atoms. The van der Waals surface area contributed by atoms with Crippen LogP contribution >= 0.6 is 23.2 Å². The highest BCUT2D eigenvalue weighted by Crippen LogP contribution is 2.21. The highest BCUT2D eigenvalue weighted by atomic mass is 35.5. The summed E-state index contributed by atoms with van der Waals surface area (Å²) in [7, 11) is 0. The van der Waals surface area contributed by atoms with Crippen LogP contribution in [0, 0.1) is 6.92 Å². The molecular formula is C15H14Cl2O. The second-order valence-corrected chi connectivity index (χ2v) is 4.84. The molecule has 0 atom stereocenters. The van der Waals surface area contributed by atoms with Gasteiger partial charge in [0.05, 0.1) is 0 Å². The molecule has 2 rings (SSSR count). The van der Waals surface area contributed by atoms with Gasteiger partial charge in [0.2, 0.25) is 0 Å². The Morgan fingerprint density at radius 2 is 1.94 bits per heavy atom. The fraction of sp³-hybridized carbons (Fsp3) is 0.200. The van der Waals surface area contributed by atoms with Crippen molar-refractivity contribution in [3.8, 4) is 5.75 Å². The molecule has 0 amide bonds. The van der Waals surface area contributed by atoms with E-state index in [0.717, 1.165) is 27.5 Å². The van der Waals surface area contributed by atoms with E-state index in [0.29, 0.717) is 12.5 Å². The zero-order valence-electron chi connectivity index (χ0n) is 10.1. The van der Waals surface area contributed by atoms with Gasteiger partial charge in [-0.2, -0.15) is 0 Å². The molecule has 0 saturated carbocycles. The van der Waals surface area contributed by atoms with Crippen molar-refractivity contribution in [3.05, 3.63) is 64.2 Å². The monoisotopic (exact) mass is 280 g/mol. The Kier molecular flexibility index (Phi) is 4.51. The molecule has 18 heavy (non-hydrogen) atoms. The van der Waals surface area contributed by atoms with E-state index in [1.54, 1.807) is 0 Å². The van der Waals surface area contributed by atoms with E-state index in [4.69, 9.17) is 27.9 Å². The van der Waals surface area contributed by atoms with Gasteiger partial charge in [0.15, 0.2) is 0 Å². The Hall–Kier alpha value is -1.18. The third-order valence-electron chi connectivity index (χ3n) is 2.66. The molecule has 0 aromatic heterocycles. The maximum Gasteiger partial charge on any atom is 0.120 e. The fourth-order valence-electron chi connectivity index (χ4n) is 1.65. The molecule has 1 nitrogen and oxygen atoms in total. The number of hydrogen-bond donors (Lipinski definition) is 0. The molecule has 0 bridgehead atoms. The lowest BCUT2D eigenvalue weighted by atomic mass is 10.1. The average molecular weight is 281 g/mol. The maximum absolute atomic E-state index is 6.15. The van der Waals surface area contributed by atoms with Crippen molar-refractivity contribution in [3.63, 3.8) is 0 Å². The minimum Gasteiger partial charge on any atom is -0.489 e. The molecule has 0 unspecified atom stereocenters. The number of ether oxygens (including phenoxy) is 1. The molecule has 0 aliphatic carbocycles. The lowest BCUT2D eigenvalue weighted by Gasteiger charge is -2.09. The van der Waals surface area contributed by atoms with Crippen LogP contribution in [0.1, 0.15) is 16.7 Å². The Balaban J connectivity index is 2.06. The van der Waals surface area contributed by atoms with Crippen molar-refractivity contribution in [1.29, 1.82) is 0 Å². The number of rotatable bonds is 4. The van der Waals surface area contributed by atoms with Gasteiger partial charge in [-0.1, -0.05) is 35.9 Å². The Bertz CT molecular complexity index is 538. The molecule has 0 aliphatic rings. The first-order chi connectivity index (χ1) is 8.69. The van der Waals surface area contributed by atoms with E-state index in [9.17, 15) is 0 Å². The highest BCUT2D eigenvalue weighted by Gasteiger charge is 2.02. The summed E-state index contributed by atoms with van der Waals surface area (Å²) in [5.41, 5.74) is 3.18. The third kappa shape index (κ3) is 3.41. The minimum absolute atomic E-state index is 0.463. The summed E-state index contributed by atoms with van der Waals surface area (Å²) in [6.07, 6.45) is 0. The summed E-state index contributed by atoms with van der Waals surface area (Å²) < 4.78 is 5.71. The third-order valence-corrected chi connectivity index (χ3v) is 3.32. The lowest BCUT2D eigenvalue weighted by molar-refractivity contribution is 0.306. The van der Waals surface area contributed by atoms with E-state index >= 15 is 0 Å². The van der Waals surface area contributed by atoms with Crippen LogP contribution in [0.4, 0.5) is 0 Å².